The van der Waals surface area contributed by atoms with Crippen LogP contribution in [-0.2, 0) is 9.47 Å². The van der Waals surface area contributed by atoms with Crippen molar-refractivity contribution < 1.29 is 14.3 Å². The minimum Gasteiger partial charge on any atom is -0.424 e. The Morgan fingerprint density at radius 1 is 1.00 bits per heavy atom. The zero-order valence-corrected chi connectivity index (χ0v) is 19.2. The first-order chi connectivity index (χ1) is 14.5. The van der Waals surface area contributed by atoms with Crippen LogP contribution in [0.4, 0.5) is 0 Å². The molecule has 160 valence electrons. The van der Waals surface area contributed by atoms with Crippen LogP contribution in [-0.4, -0.2) is 37.5 Å². The molecule has 30 heavy (non-hydrogen) atoms. The molecule has 2 heterocycles. The molecule has 2 aliphatic heterocycles. The highest BCUT2D eigenvalue weighted by Gasteiger charge is 2.66. The maximum Gasteiger partial charge on any atom is 0.258 e. The lowest BCUT2D eigenvalue weighted by molar-refractivity contribution is -0.0821. The van der Waals surface area contributed by atoms with Crippen LogP contribution in [0.15, 0.2) is 60.7 Å². The van der Waals surface area contributed by atoms with E-state index < -0.39 is 8.32 Å². The summed E-state index contributed by atoms with van der Waals surface area (Å²) in [5.41, 5.74) is 0.0257. The third kappa shape index (κ3) is 3.20. The molecule has 0 amide bonds. The summed E-state index contributed by atoms with van der Waals surface area (Å²) in [7, 11) is -2.94. The fraction of sp³-hybridized carbons (Fsp3) is 0.538. The minimum absolute atomic E-state index is 0.0257. The van der Waals surface area contributed by atoms with E-state index in [0.29, 0.717) is 12.0 Å². The van der Waals surface area contributed by atoms with Gasteiger partial charge in [-0.15, -0.1) is 0 Å². The van der Waals surface area contributed by atoms with Crippen molar-refractivity contribution in [1.82, 2.24) is 0 Å². The molecular formula is C26H34O3Si. The Bertz CT molecular complexity index is 829. The van der Waals surface area contributed by atoms with Crippen molar-refractivity contribution in [3.05, 3.63) is 60.7 Å². The van der Waals surface area contributed by atoms with Gasteiger partial charge in [0.1, 0.15) is 5.60 Å². The first-order valence-electron chi connectivity index (χ1n) is 11.6. The molecule has 1 aliphatic carbocycles. The maximum absolute atomic E-state index is 12.4. The maximum atomic E-state index is 12.4. The molecule has 3 fully saturated rings. The Kier molecular flexibility index (Phi) is 5.17. The second kappa shape index (κ2) is 7.59. The van der Waals surface area contributed by atoms with Gasteiger partial charge in [0.05, 0.1) is 12.2 Å². The molecule has 3 aliphatic rings. The van der Waals surface area contributed by atoms with E-state index in [1.54, 1.807) is 0 Å². The van der Waals surface area contributed by atoms with E-state index in [1.807, 2.05) is 12.1 Å². The lowest BCUT2D eigenvalue weighted by Crippen LogP contribution is -2.65. The molecular weight excluding hydrogens is 388 g/mol. The van der Waals surface area contributed by atoms with E-state index >= 15 is 0 Å². The van der Waals surface area contributed by atoms with Crippen LogP contribution in [0.3, 0.4) is 0 Å². The normalized spacial score (nSPS) is 31.0. The lowest BCUT2D eigenvalue weighted by Gasteiger charge is -2.44. The third-order valence-corrected chi connectivity index (χ3v) is 12.6. The Morgan fingerprint density at radius 2 is 1.63 bits per heavy atom. The van der Waals surface area contributed by atoms with Gasteiger partial charge in [0.15, 0.2) is 0 Å². The van der Waals surface area contributed by atoms with Crippen LogP contribution in [0.2, 0.25) is 5.04 Å². The monoisotopic (exact) mass is 422 g/mol. The highest BCUT2D eigenvalue weighted by Crippen LogP contribution is 2.57. The standard InChI is InChI=1S/C26H34O3Si/c1-25(2,18-16-20-14-15-23-26(29-23)17-9-19-28-24(20)26)30(27,21-10-5-3-6-11-21)22-12-7-4-8-13-22/h3-8,10-13,20,23-24,27H,9,14-19H2,1-2H3/t20-,23+,24+,26+/m0/s1. The topological polar surface area (TPSA) is 42.0 Å². The van der Waals surface area contributed by atoms with Gasteiger partial charge >= 0.3 is 0 Å². The SMILES string of the molecule is CC(C)(CC[C@@H]1CC[C@H]2O[C@]23CCCO[C@H]13)[Si](O)(c1ccccc1)c1ccccc1. The lowest BCUT2D eigenvalue weighted by atomic mass is 9.73. The van der Waals surface area contributed by atoms with Crippen molar-refractivity contribution in [1.29, 1.82) is 0 Å². The molecule has 3 nitrogen and oxygen atoms in total. The molecule has 0 unspecified atom stereocenters. The van der Waals surface area contributed by atoms with Gasteiger partial charge in [-0.05, 0) is 59.9 Å². The second-order valence-electron chi connectivity index (χ2n) is 10.2. The third-order valence-electron chi connectivity index (χ3n) is 8.07. The largest absolute Gasteiger partial charge is 0.424 e. The molecule has 4 heteroatoms. The predicted octanol–water partition coefficient (Wildman–Crippen LogP) is 4.03. The van der Waals surface area contributed by atoms with Gasteiger partial charge in [-0.1, -0.05) is 74.5 Å². The van der Waals surface area contributed by atoms with E-state index in [4.69, 9.17) is 9.47 Å². The number of benzene rings is 2. The fourth-order valence-corrected chi connectivity index (χ4v) is 9.98. The van der Waals surface area contributed by atoms with Crippen LogP contribution in [0.1, 0.15) is 52.4 Å². The molecule has 2 aromatic carbocycles. The Balaban J connectivity index is 1.41. The van der Waals surface area contributed by atoms with Gasteiger partial charge in [-0.3, -0.25) is 0 Å². The molecule has 2 aromatic rings. The highest BCUT2D eigenvalue weighted by atomic mass is 28.4. The van der Waals surface area contributed by atoms with Crippen molar-refractivity contribution in [2.45, 2.75) is 75.2 Å². The van der Waals surface area contributed by atoms with E-state index in [-0.39, 0.29) is 16.7 Å². The van der Waals surface area contributed by atoms with Crippen molar-refractivity contribution in [3.8, 4) is 0 Å². The van der Waals surface area contributed by atoms with E-state index in [9.17, 15) is 4.80 Å². The highest BCUT2D eigenvalue weighted by molar-refractivity contribution is 6.98. The van der Waals surface area contributed by atoms with E-state index in [2.05, 4.69) is 62.4 Å². The summed E-state index contributed by atoms with van der Waals surface area (Å²) in [6, 6.07) is 20.7. The molecule has 2 saturated heterocycles. The van der Waals surface area contributed by atoms with Crippen molar-refractivity contribution >= 4 is 18.7 Å². The molecule has 0 bridgehead atoms. The molecule has 0 aromatic heterocycles. The molecule has 1 N–H and O–H groups in total. The summed E-state index contributed by atoms with van der Waals surface area (Å²) in [5, 5.41) is 2.00. The van der Waals surface area contributed by atoms with Gasteiger partial charge in [0.25, 0.3) is 8.32 Å². The van der Waals surface area contributed by atoms with Crippen LogP contribution in [0, 0.1) is 5.92 Å². The van der Waals surface area contributed by atoms with Crippen LogP contribution in [0.25, 0.3) is 0 Å². The van der Waals surface area contributed by atoms with Crippen LogP contribution >= 0.6 is 0 Å². The van der Waals surface area contributed by atoms with Crippen molar-refractivity contribution in [3.63, 3.8) is 0 Å². The first kappa shape index (κ1) is 20.4. The number of ether oxygens (including phenoxy) is 2. The summed E-state index contributed by atoms with van der Waals surface area (Å²) < 4.78 is 12.5. The first-order valence-corrected chi connectivity index (χ1v) is 13.5. The summed E-state index contributed by atoms with van der Waals surface area (Å²) >= 11 is 0. The summed E-state index contributed by atoms with van der Waals surface area (Å²) in [6.07, 6.45) is 7.41. The minimum atomic E-state index is -2.94. The predicted molar refractivity (Wildman–Crippen MR) is 123 cm³/mol. The zero-order valence-electron chi connectivity index (χ0n) is 18.2. The number of rotatable bonds is 6. The van der Waals surface area contributed by atoms with Gasteiger partial charge < -0.3 is 14.3 Å². The van der Waals surface area contributed by atoms with Gasteiger partial charge in [-0.2, -0.15) is 0 Å². The van der Waals surface area contributed by atoms with Crippen molar-refractivity contribution in [2.75, 3.05) is 6.61 Å². The molecule has 1 saturated carbocycles. The summed E-state index contributed by atoms with van der Waals surface area (Å²) in [6.45, 7) is 5.42. The number of hydrogen-bond acceptors (Lipinski definition) is 3. The van der Waals surface area contributed by atoms with E-state index in [1.165, 1.54) is 12.8 Å². The van der Waals surface area contributed by atoms with Crippen molar-refractivity contribution in [2.24, 2.45) is 5.92 Å². The summed E-state index contributed by atoms with van der Waals surface area (Å²) in [5.74, 6) is 0.535. The quantitative estimate of drug-likeness (QED) is 0.565. The smallest absolute Gasteiger partial charge is 0.258 e. The Hall–Kier alpha value is -1.46. The molecule has 0 radical (unpaired) electrons. The number of epoxide rings is 1. The molecule has 5 rings (SSSR count). The summed E-state index contributed by atoms with van der Waals surface area (Å²) in [4.78, 5) is 12.4. The molecule has 4 atom stereocenters. The van der Waals surface area contributed by atoms with Gasteiger partial charge in [0.2, 0.25) is 0 Å². The van der Waals surface area contributed by atoms with Gasteiger partial charge in [0, 0.05) is 6.61 Å². The second-order valence-corrected chi connectivity index (χ2v) is 14.1. The fourth-order valence-electron chi connectivity index (χ4n) is 6.23. The van der Waals surface area contributed by atoms with Gasteiger partial charge in [-0.25, -0.2) is 0 Å². The zero-order chi connectivity index (χ0) is 20.8. The Labute approximate surface area is 181 Å². The van der Waals surface area contributed by atoms with E-state index in [0.717, 1.165) is 42.7 Å². The average molecular weight is 423 g/mol. The Morgan fingerprint density at radius 3 is 2.27 bits per heavy atom. The molecule has 1 spiro atoms. The van der Waals surface area contributed by atoms with Crippen LogP contribution < -0.4 is 10.4 Å². The van der Waals surface area contributed by atoms with Crippen LogP contribution in [0.5, 0.6) is 0 Å². The average Bonchev–Trinajstić information content (AvgIpc) is 3.50. The number of hydrogen-bond donors (Lipinski definition) is 1.